The summed E-state index contributed by atoms with van der Waals surface area (Å²) in [7, 11) is 1.56. The second-order valence-corrected chi connectivity index (χ2v) is 4.79. The van der Waals surface area contributed by atoms with Gasteiger partial charge in [0.25, 0.3) is 0 Å². The Morgan fingerprint density at radius 1 is 1.14 bits per heavy atom. The number of benzene rings is 2. The lowest BCUT2D eigenvalue weighted by molar-refractivity contribution is -0.132. The molecule has 0 spiro atoms. The minimum Gasteiger partial charge on any atom is -0.493 e. The van der Waals surface area contributed by atoms with Crippen LogP contribution in [0.15, 0.2) is 54.1 Å². The normalized spacial score (nSPS) is 11.1. The quantitative estimate of drug-likeness (QED) is 0.825. The van der Waals surface area contributed by atoms with Crippen molar-refractivity contribution < 1.29 is 19.4 Å². The lowest BCUT2D eigenvalue weighted by Gasteiger charge is -2.13. The Bertz CT molecular complexity index is 675. The molecule has 0 saturated carbocycles. The number of carbonyl (C=O) groups is 1. The van der Waals surface area contributed by atoms with Gasteiger partial charge in [0.2, 0.25) is 0 Å². The van der Waals surface area contributed by atoms with Crippen LogP contribution in [-0.2, 0) is 11.4 Å². The Morgan fingerprint density at radius 2 is 1.86 bits per heavy atom. The zero-order chi connectivity index (χ0) is 15.9. The van der Waals surface area contributed by atoms with Crippen molar-refractivity contribution in [1.82, 2.24) is 0 Å². The molecule has 1 N–H and O–H groups in total. The van der Waals surface area contributed by atoms with Crippen molar-refractivity contribution in [1.29, 1.82) is 0 Å². The largest absolute Gasteiger partial charge is 0.493 e. The second kappa shape index (κ2) is 7.31. The van der Waals surface area contributed by atoms with E-state index in [0.717, 1.165) is 5.56 Å². The van der Waals surface area contributed by atoms with Crippen LogP contribution in [0.25, 0.3) is 6.08 Å². The number of carboxylic acid groups (broad SMARTS) is 1. The molecule has 2 rings (SSSR count). The fourth-order valence-electron chi connectivity index (χ4n) is 1.99. The van der Waals surface area contributed by atoms with E-state index in [2.05, 4.69) is 0 Å². The molecule has 2 aromatic rings. The van der Waals surface area contributed by atoms with Crippen LogP contribution in [0.3, 0.4) is 0 Å². The Labute approximate surface area is 129 Å². The van der Waals surface area contributed by atoms with Gasteiger partial charge in [0.1, 0.15) is 6.61 Å². The maximum atomic E-state index is 11.0. The molecule has 0 aromatic heterocycles. The number of ether oxygens (including phenoxy) is 2. The van der Waals surface area contributed by atoms with Gasteiger partial charge in [-0.2, -0.15) is 0 Å². The summed E-state index contributed by atoms with van der Waals surface area (Å²) in [4.78, 5) is 11.0. The highest BCUT2D eigenvalue weighted by Crippen LogP contribution is 2.33. The predicted octanol–water partition coefficient (Wildman–Crippen LogP) is 3.76. The van der Waals surface area contributed by atoms with Crippen LogP contribution in [0.4, 0.5) is 0 Å². The average Bonchev–Trinajstić information content (AvgIpc) is 2.54. The monoisotopic (exact) mass is 298 g/mol. The van der Waals surface area contributed by atoms with Gasteiger partial charge in [0.15, 0.2) is 11.5 Å². The third-order valence-corrected chi connectivity index (χ3v) is 3.16. The molecule has 0 radical (unpaired) electrons. The van der Waals surface area contributed by atoms with E-state index in [-0.39, 0.29) is 5.57 Å². The first-order valence-electron chi connectivity index (χ1n) is 6.87. The molecule has 4 nitrogen and oxygen atoms in total. The number of para-hydroxylation sites is 1. The van der Waals surface area contributed by atoms with E-state index in [1.807, 2.05) is 30.3 Å². The lowest BCUT2D eigenvalue weighted by atomic mass is 10.1. The van der Waals surface area contributed by atoms with E-state index in [1.165, 1.54) is 0 Å². The standard InChI is InChI=1S/C18H18O4/c1-13(18(19)20)11-15-9-6-10-16(21-2)17(15)22-12-14-7-4-3-5-8-14/h3-11H,12H2,1-2H3,(H,19,20)/b13-11+. The van der Waals surface area contributed by atoms with Gasteiger partial charge in [-0.05, 0) is 24.6 Å². The van der Waals surface area contributed by atoms with Gasteiger partial charge in [0, 0.05) is 11.1 Å². The van der Waals surface area contributed by atoms with Crippen LogP contribution in [0.1, 0.15) is 18.1 Å². The summed E-state index contributed by atoms with van der Waals surface area (Å²) in [5, 5.41) is 9.03. The number of aliphatic carboxylic acids is 1. The van der Waals surface area contributed by atoms with Crippen LogP contribution >= 0.6 is 0 Å². The Kier molecular flexibility index (Phi) is 5.20. The molecular formula is C18H18O4. The van der Waals surface area contributed by atoms with E-state index in [0.29, 0.717) is 23.7 Å². The van der Waals surface area contributed by atoms with E-state index in [1.54, 1.807) is 38.3 Å². The summed E-state index contributed by atoms with van der Waals surface area (Å²) in [6.07, 6.45) is 1.57. The summed E-state index contributed by atoms with van der Waals surface area (Å²) in [5.74, 6) is 0.147. The highest BCUT2D eigenvalue weighted by atomic mass is 16.5. The lowest BCUT2D eigenvalue weighted by Crippen LogP contribution is -2.01. The summed E-state index contributed by atoms with van der Waals surface area (Å²) in [5.41, 5.74) is 1.94. The van der Waals surface area contributed by atoms with Gasteiger partial charge in [0.05, 0.1) is 7.11 Å². The van der Waals surface area contributed by atoms with Crippen molar-refractivity contribution in [3.63, 3.8) is 0 Å². The fraction of sp³-hybridized carbons (Fsp3) is 0.167. The van der Waals surface area contributed by atoms with E-state index >= 15 is 0 Å². The molecule has 0 bridgehead atoms. The number of hydrogen-bond acceptors (Lipinski definition) is 3. The van der Waals surface area contributed by atoms with Gasteiger partial charge >= 0.3 is 5.97 Å². The van der Waals surface area contributed by atoms with Gasteiger partial charge < -0.3 is 14.6 Å². The molecule has 0 amide bonds. The minimum atomic E-state index is -0.961. The van der Waals surface area contributed by atoms with Gasteiger partial charge in [-0.3, -0.25) is 0 Å². The molecule has 2 aromatic carbocycles. The molecule has 0 aliphatic heterocycles. The Balaban J connectivity index is 2.31. The number of rotatable bonds is 6. The molecule has 114 valence electrons. The second-order valence-electron chi connectivity index (χ2n) is 4.79. The van der Waals surface area contributed by atoms with Gasteiger partial charge in [-0.25, -0.2) is 4.79 Å². The first kappa shape index (κ1) is 15.6. The summed E-state index contributed by atoms with van der Waals surface area (Å²) >= 11 is 0. The first-order valence-corrected chi connectivity index (χ1v) is 6.87. The molecule has 0 aliphatic carbocycles. The first-order chi connectivity index (χ1) is 10.6. The molecule has 0 saturated heterocycles. The number of methoxy groups -OCH3 is 1. The van der Waals surface area contributed by atoms with Crippen molar-refractivity contribution in [2.24, 2.45) is 0 Å². The van der Waals surface area contributed by atoms with Crippen molar-refractivity contribution >= 4 is 12.0 Å². The summed E-state index contributed by atoms with van der Waals surface area (Å²) in [6, 6.07) is 15.1. The van der Waals surface area contributed by atoms with Crippen molar-refractivity contribution in [2.75, 3.05) is 7.11 Å². The predicted molar refractivity (Wildman–Crippen MR) is 85.1 cm³/mol. The topological polar surface area (TPSA) is 55.8 Å². The van der Waals surface area contributed by atoms with Crippen LogP contribution < -0.4 is 9.47 Å². The zero-order valence-corrected chi connectivity index (χ0v) is 12.6. The average molecular weight is 298 g/mol. The number of hydrogen-bond donors (Lipinski definition) is 1. The Hall–Kier alpha value is -2.75. The molecule has 0 atom stereocenters. The molecular weight excluding hydrogens is 280 g/mol. The highest BCUT2D eigenvalue weighted by molar-refractivity contribution is 5.92. The van der Waals surface area contributed by atoms with Crippen LogP contribution in [-0.4, -0.2) is 18.2 Å². The third kappa shape index (κ3) is 3.88. The van der Waals surface area contributed by atoms with Crippen molar-refractivity contribution in [3.8, 4) is 11.5 Å². The SMILES string of the molecule is COc1cccc(/C=C(\C)C(=O)O)c1OCc1ccccc1. The molecule has 0 aliphatic rings. The third-order valence-electron chi connectivity index (χ3n) is 3.16. The van der Waals surface area contributed by atoms with E-state index < -0.39 is 5.97 Å². The van der Waals surface area contributed by atoms with Crippen molar-refractivity contribution in [2.45, 2.75) is 13.5 Å². The van der Waals surface area contributed by atoms with E-state index in [9.17, 15) is 4.79 Å². The molecule has 0 heterocycles. The minimum absolute atomic E-state index is 0.234. The smallest absolute Gasteiger partial charge is 0.331 e. The molecule has 4 heteroatoms. The van der Waals surface area contributed by atoms with E-state index in [4.69, 9.17) is 14.6 Å². The Morgan fingerprint density at radius 3 is 2.50 bits per heavy atom. The molecule has 0 fully saturated rings. The summed E-state index contributed by atoms with van der Waals surface area (Å²) in [6.45, 7) is 1.93. The number of carboxylic acids is 1. The summed E-state index contributed by atoms with van der Waals surface area (Å²) < 4.78 is 11.2. The van der Waals surface area contributed by atoms with Crippen LogP contribution in [0, 0.1) is 0 Å². The highest BCUT2D eigenvalue weighted by Gasteiger charge is 2.11. The molecule has 22 heavy (non-hydrogen) atoms. The van der Waals surface area contributed by atoms with Crippen LogP contribution in [0.5, 0.6) is 11.5 Å². The van der Waals surface area contributed by atoms with Gasteiger partial charge in [-0.15, -0.1) is 0 Å². The van der Waals surface area contributed by atoms with Crippen LogP contribution in [0.2, 0.25) is 0 Å². The fourth-order valence-corrected chi connectivity index (χ4v) is 1.99. The molecule has 0 unspecified atom stereocenters. The maximum absolute atomic E-state index is 11.0. The zero-order valence-electron chi connectivity index (χ0n) is 12.6. The van der Waals surface area contributed by atoms with Gasteiger partial charge in [-0.1, -0.05) is 42.5 Å². The maximum Gasteiger partial charge on any atom is 0.331 e. The van der Waals surface area contributed by atoms with Crippen molar-refractivity contribution in [3.05, 3.63) is 65.2 Å².